The molecule has 0 unspecified atom stereocenters. The van der Waals surface area contributed by atoms with Crippen LogP contribution >= 0.6 is 0 Å². The lowest BCUT2D eigenvalue weighted by Crippen LogP contribution is -2.17. The summed E-state index contributed by atoms with van der Waals surface area (Å²) in [6.45, 7) is 2.33. The second-order valence-electron chi connectivity index (χ2n) is 5.20. The monoisotopic (exact) mass is 243 g/mol. The van der Waals surface area contributed by atoms with Crippen molar-refractivity contribution < 1.29 is 0 Å². The third-order valence-electron chi connectivity index (χ3n) is 3.67. The third kappa shape index (κ3) is 5.05. The fourth-order valence-electron chi connectivity index (χ4n) is 2.56. The molecule has 98 valence electrons. The standard InChI is InChI=1S/C17H25N/c1-2-8-16(9-3-1)12-6-7-14-18-15-13-17-10-4-5-11-17/h1-3,8-10,18H,4-7,11-15H2. The van der Waals surface area contributed by atoms with Gasteiger partial charge in [-0.05, 0) is 63.6 Å². The average molecular weight is 243 g/mol. The Hall–Kier alpha value is -1.08. The van der Waals surface area contributed by atoms with Gasteiger partial charge in [-0.3, -0.25) is 0 Å². The molecule has 1 aliphatic carbocycles. The Kier molecular flexibility index (Phi) is 6.01. The first-order chi connectivity index (χ1) is 8.95. The fourth-order valence-corrected chi connectivity index (χ4v) is 2.56. The van der Waals surface area contributed by atoms with Gasteiger partial charge in [0.05, 0.1) is 0 Å². The Bertz CT molecular complexity index is 353. The van der Waals surface area contributed by atoms with E-state index in [1.54, 1.807) is 5.57 Å². The third-order valence-corrected chi connectivity index (χ3v) is 3.67. The SMILES string of the molecule is C1=C(CCNCCCCc2ccccc2)CCC1. The molecule has 0 spiro atoms. The predicted molar refractivity (Wildman–Crippen MR) is 78.8 cm³/mol. The Morgan fingerprint density at radius 1 is 0.944 bits per heavy atom. The Morgan fingerprint density at radius 2 is 1.83 bits per heavy atom. The van der Waals surface area contributed by atoms with Crippen molar-refractivity contribution in [1.82, 2.24) is 5.32 Å². The number of nitrogens with one attached hydrogen (secondary N) is 1. The van der Waals surface area contributed by atoms with E-state index in [1.165, 1.54) is 57.1 Å². The predicted octanol–water partition coefficient (Wildman–Crippen LogP) is 4.10. The zero-order chi connectivity index (χ0) is 12.5. The van der Waals surface area contributed by atoms with E-state index in [4.69, 9.17) is 0 Å². The minimum Gasteiger partial charge on any atom is -0.316 e. The quantitative estimate of drug-likeness (QED) is 0.535. The molecule has 1 heteroatoms. The van der Waals surface area contributed by atoms with E-state index < -0.39 is 0 Å². The summed E-state index contributed by atoms with van der Waals surface area (Å²) in [6.07, 6.45) is 11.5. The Labute approximate surface area is 111 Å². The lowest BCUT2D eigenvalue weighted by Gasteiger charge is -2.05. The maximum Gasteiger partial charge on any atom is -0.00116 e. The highest BCUT2D eigenvalue weighted by Gasteiger charge is 2.02. The molecule has 0 aliphatic heterocycles. The number of hydrogen-bond donors (Lipinski definition) is 1. The molecule has 2 rings (SSSR count). The molecule has 0 radical (unpaired) electrons. The lowest BCUT2D eigenvalue weighted by molar-refractivity contribution is 0.618. The molecule has 1 nitrogen and oxygen atoms in total. The van der Waals surface area contributed by atoms with Crippen LogP contribution in [-0.4, -0.2) is 13.1 Å². The van der Waals surface area contributed by atoms with E-state index in [2.05, 4.69) is 41.7 Å². The first-order valence-electron chi connectivity index (χ1n) is 7.38. The van der Waals surface area contributed by atoms with E-state index in [9.17, 15) is 0 Å². The van der Waals surface area contributed by atoms with Gasteiger partial charge >= 0.3 is 0 Å². The Balaban J connectivity index is 1.44. The molecule has 0 saturated heterocycles. The summed E-state index contributed by atoms with van der Waals surface area (Å²) >= 11 is 0. The van der Waals surface area contributed by atoms with Gasteiger partial charge in [0.1, 0.15) is 0 Å². The molecule has 1 aromatic carbocycles. The second-order valence-corrected chi connectivity index (χ2v) is 5.20. The van der Waals surface area contributed by atoms with Crippen LogP contribution in [0.3, 0.4) is 0 Å². The van der Waals surface area contributed by atoms with Crippen molar-refractivity contribution in [3.05, 3.63) is 47.5 Å². The highest BCUT2D eigenvalue weighted by Crippen LogP contribution is 2.19. The highest BCUT2D eigenvalue weighted by atomic mass is 14.8. The number of allylic oxidation sites excluding steroid dienone is 1. The summed E-state index contributed by atoms with van der Waals surface area (Å²) in [4.78, 5) is 0. The van der Waals surface area contributed by atoms with Gasteiger partial charge in [0.25, 0.3) is 0 Å². The van der Waals surface area contributed by atoms with Crippen LogP contribution in [0.1, 0.15) is 44.1 Å². The molecule has 1 aromatic rings. The summed E-state index contributed by atoms with van der Waals surface area (Å²) in [5.74, 6) is 0. The number of rotatable bonds is 8. The van der Waals surface area contributed by atoms with Crippen LogP contribution < -0.4 is 5.32 Å². The number of aryl methyl sites for hydroxylation is 1. The van der Waals surface area contributed by atoms with Gasteiger partial charge in [0.15, 0.2) is 0 Å². The summed E-state index contributed by atoms with van der Waals surface area (Å²) in [5, 5.41) is 3.56. The van der Waals surface area contributed by atoms with E-state index in [-0.39, 0.29) is 0 Å². The molecule has 1 N–H and O–H groups in total. The van der Waals surface area contributed by atoms with Gasteiger partial charge < -0.3 is 5.32 Å². The van der Waals surface area contributed by atoms with Crippen LogP contribution in [0.25, 0.3) is 0 Å². The van der Waals surface area contributed by atoms with Crippen LogP contribution in [0.2, 0.25) is 0 Å². The van der Waals surface area contributed by atoms with Gasteiger partial charge in [0, 0.05) is 0 Å². The van der Waals surface area contributed by atoms with Crippen molar-refractivity contribution in [1.29, 1.82) is 0 Å². The van der Waals surface area contributed by atoms with Crippen LogP contribution in [-0.2, 0) is 6.42 Å². The molecule has 0 atom stereocenters. The van der Waals surface area contributed by atoms with E-state index in [0.29, 0.717) is 0 Å². The molecule has 0 saturated carbocycles. The van der Waals surface area contributed by atoms with Gasteiger partial charge in [-0.25, -0.2) is 0 Å². The van der Waals surface area contributed by atoms with Crippen molar-refractivity contribution in [3.8, 4) is 0 Å². The van der Waals surface area contributed by atoms with Crippen molar-refractivity contribution in [3.63, 3.8) is 0 Å². The maximum absolute atomic E-state index is 3.56. The fraction of sp³-hybridized carbons (Fsp3) is 0.529. The minimum absolute atomic E-state index is 1.16. The largest absolute Gasteiger partial charge is 0.316 e. The molecule has 0 aromatic heterocycles. The van der Waals surface area contributed by atoms with Gasteiger partial charge in [0.2, 0.25) is 0 Å². The first kappa shape index (κ1) is 13.4. The van der Waals surface area contributed by atoms with Crippen molar-refractivity contribution in [2.24, 2.45) is 0 Å². The molecule has 18 heavy (non-hydrogen) atoms. The van der Waals surface area contributed by atoms with E-state index in [0.717, 1.165) is 6.54 Å². The van der Waals surface area contributed by atoms with Crippen molar-refractivity contribution >= 4 is 0 Å². The molecular weight excluding hydrogens is 218 g/mol. The molecular formula is C17H25N. The molecule has 0 fully saturated rings. The van der Waals surface area contributed by atoms with Gasteiger partial charge in [-0.15, -0.1) is 0 Å². The zero-order valence-electron chi connectivity index (χ0n) is 11.3. The molecule has 0 bridgehead atoms. The molecule has 0 heterocycles. The highest BCUT2D eigenvalue weighted by molar-refractivity contribution is 5.14. The van der Waals surface area contributed by atoms with E-state index >= 15 is 0 Å². The number of benzene rings is 1. The van der Waals surface area contributed by atoms with Crippen LogP contribution in [0, 0.1) is 0 Å². The number of hydrogen-bond acceptors (Lipinski definition) is 1. The smallest absolute Gasteiger partial charge is 0.00116 e. The lowest BCUT2D eigenvalue weighted by atomic mass is 10.1. The minimum atomic E-state index is 1.16. The molecule has 0 amide bonds. The van der Waals surface area contributed by atoms with Crippen LogP contribution in [0.4, 0.5) is 0 Å². The average Bonchev–Trinajstić information content (AvgIpc) is 2.92. The normalized spacial score (nSPS) is 14.8. The maximum atomic E-state index is 3.56. The van der Waals surface area contributed by atoms with Gasteiger partial charge in [-0.2, -0.15) is 0 Å². The second kappa shape index (κ2) is 8.10. The van der Waals surface area contributed by atoms with Crippen molar-refractivity contribution in [2.75, 3.05) is 13.1 Å². The van der Waals surface area contributed by atoms with Crippen molar-refractivity contribution in [2.45, 2.75) is 44.9 Å². The first-order valence-corrected chi connectivity index (χ1v) is 7.38. The summed E-state index contributed by atoms with van der Waals surface area (Å²) in [7, 11) is 0. The van der Waals surface area contributed by atoms with Crippen LogP contribution in [0.15, 0.2) is 42.0 Å². The number of unbranched alkanes of at least 4 members (excludes halogenated alkanes) is 1. The zero-order valence-corrected chi connectivity index (χ0v) is 11.3. The molecule has 1 aliphatic rings. The van der Waals surface area contributed by atoms with Gasteiger partial charge in [-0.1, -0.05) is 42.0 Å². The summed E-state index contributed by atoms with van der Waals surface area (Å²) in [6, 6.07) is 10.8. The topological polar surface area (TPSA) is 12.0 Å². The van der Waals surface area contributed by atoms with Crippen LogP contribution in [0.5, 0.6) is 0 Å². The summed E-state index contributed by atoms with van der Waals surface area (Å²) in [5.41, 5.74) is 3.14. The Morgan fingerprint density at radius 3 is 2.61 bits per heavy atom. The summed E-state index contributed by atoms with van der Waals surface area (Å²) < 4.78 is 0. The van der Waals surface area contributed by atoms with E-state index in [1.807, 2.05) is 0 Å².